The van der Waals surface area contributed by atoms with E-state index in [0.29, 0.717) is 5.65 Å². The van der Waals surface area contributed by atoms with Crippen LogP contribution in [0.4, 0.5) is 5.69 Å². The quantitative estimate of drug-likeness (QED) is 0.721. The fourth-order valence-corrected chi connectivity index (χ4v) is 1.15. The van der Waals surface area contributed by atoms with E-state index in [1.165, 1.54) is 4.63 Å². The number of nitrogens with zero attached hydrogens (tertiary/aromatic N) is 5. The van der Waals surface area contributed by atoms with Crippen molar-refractivity contribution in [1.82, 2.24) is 25.3 Å². The lowest BCUT2D eigenvalue weighted by atomic mass is 10.1. The fraction of sp³-hybridized carbons (Fsp3) is 0.500. The molecule has 2 aromatic heterocycles. The van der Waals surface area contributed by atoms with Gasteiger partial charge in [-0.25, -0.2) is 0 Å². The molecule has 14 heavy (non-hydrogen) atoms. The van der Waals surface area contributed by atoms with E-state index >= 15 is 0 Å². The lowest BCUT2D eigenvalue weighted by Gasteiger charge is -2.21. The van der Waals surface area contributed by atoms with E-state index in [-0.39, 0.29) is 5.54 Å². The molecule has 0 amide bonds. The van der Waals surface area contributed by atoms with Gasteiger partial charge in [0.1, 0.15) is 0 Å². The standard InChI is InChI=1S/C8H12N6/c1-8(2,3)10-6-4-7-11-12-13-14(7)9-5-6/h4-5,10H,1-3H3. The third kappa shape index (κ3) is 1.78. The molecule has 0 fully saturated rings. The molecule has 0 aliphatic carbocycles. The molecule has 74 valence electrons. The van der Waals surface area contributed by atoms with E-state index in [1.807, 2.05) is 6.07 Å². The number of hydrogen-bond donors (Lipinski definition) is 1. The number of tetrazole rings is 1. The van der Waals surface area contributed by atoms with Gasteiger partial charge in [-0.3, -0.25) is 0 Å². The molecular formula is C8H12N6. The van der Waals surface area contributed by atoms with Crippen LogP contribution in [0.3, 0.4) is 0 Å². The Kier molecular flexibility index (Phi) is 1.83. The van der Waals surface area contributed by atoms with Crippen LogP contribution in [0, 0.1) is 0 Å². The van der Waals surface area contributed by atoms with Crippen LogP contribution in [0.25, 0.3) is 5.65 Å². The van der Waals surface area contributed by atoms with Crippen molar-refractivity contribution < 1.29 is 0 Å². The van der Waals surface area contributed by atoms with Crippen molar-refractivity contribution in [3.05, 3.63) is 12.3 Å². The Bertz CT molecular complexity index is 440. The molecule has 6 nitrogen and oxygen atoms in total. The Hall–Kier alpha value is -1.72. The second-order valence-electron chi connectivity index (χ2n) is 4.15. The Morgan fingerprint density at radius 3 is 2.86 bits per heavy atom. The highest BCUT2D eigenvalue weighted by Crippen LogP contribution is 2.13. The highest BCUT2D eigenvalue weighted by molar-refractivity contribution is 5.51. The van der Waals surface area contributed by atoms with E-state index in [1.54, 1.807) is 6.20 Å². The summed E-state index contributed by atoms with van der Waals surface area (Å²) in [6.07, 6.45) is 1.70. The number of nitrogens with one attached hydrogen (secondary N) is 1. The zero-order chi connectivity index (χ0) is 10.2. The maximum Gasteiger partial charge on any atom is 0.202 e. The van der Waals surface area contributed by atoms with Gasteiger partial charge in [0.15, 0.2) is 0 Å². The molecule has 1 N–H and O–H groups in total. The van der Waals surface area contributed by atoms with E-state index in [4.69, 9.17) is 0 Å². The summed E-state index contributed by atoms with van der Waals surface area (Å²) in [5.41, 5.74) is 1.56. The average molecular weight is 192 g/mol. The molecule has 2 rings (SSSR count). The molecule has 0 saturated carbocycles. The first kappa shape index (κ1) is 8.86. The van der Waals surface area contributed by atoms with E-state index in [9.17, 15) is 0 Å². The molecule has 0 bridgehead atoms. The SMILES string of the molecule is CC(C)(C)Nc1cnn2nnnc2c1. The van der Waals surface area contributed by atoms with Crippen LogP contribution in [-0.4, -0.2) is 30.8 Å². The monoisotopic (exact) mass is 192 g/mol. The molecule has 0 saturated heterocycles. The van der Waals surface area contributed by atoms with Crippen LogP contribution in [0.1, 0.15) is 20.8 Å². The minimum Gasteiger partial charge on any atom is -0.379 e. The Labute approximate surface area is 81.3 Å². The second kappa shape index (κ2) is 2.90. The minimum absolute atomic E-state index is 0.00741. The van der Waals surface area contributed by atoms with Crippen molar-refractivity contribution in [2.75, 3.05) is 5.32 Å². The normalized spacial score (nSPS) is 11.9. The Morgan fingerprint density at radius 2 is 2.14 bits per heavy atom. The average Bonchev–Trinajstić information content (AvgIpc) is 2.47. The summed E-state index contributed by atoms with van der Waals surface area (Å²) in [5, 5.41) is 18.3. The fourth-order valence-electron chi connectivity index (χ4n) is 1.15. The summed E-state index contributed by atoms with van der Waals surface area (Å²) in [6.45, 7) is 6.25. The summed E-state index contributed by atoms with van der Waals surface area (Å²) in [4.78, 5) is 0. The summed E-state index contributed by atoms with van der Waals surface area (Å²) in [7, 11) is 0. The number of anilines is 1. The van der Waals surface area contributed by atoms with Gasteiger partial charge >= 0.3 is 0 Å². The van der Waals surface area contributed by atoms with Gasteiger partial charge < -0.3 is 5.32 Å². The van der Waals surface area contributed by atoms with Crippen LogP contribution in [0.15, 0.2) is 12.3 Å². The van der Waals surface area contributed by atoms with E-state index < -0.39 is 0 Å². The van der Waals surface area contributed by atoms with Gasteiger partial charge in [-0.05, 0) is 31.2 Å². The first-order valence-electron chi connectivity index (χ1n) is 4.37. The molecule has 0 aromatic carbocycles. The zero-order valence-corrected chi connectivity index (χ0v) is 8.39. The predicted molar refractivity (Wildman–Crippen MR) is 52.0 cm³/mol. The lowest BCUT2D eigenvalue weighted by Crippen LogP contribution is -2.26. The van der Waals surface area contributed by atoms with Crippen LogP contribution in [0.5, 0.6) is 0 Å². The van der Waals surface area contributed by atoms with Crippen LogP contribution >= 0.6 is 0 Å². The van der Waals surface area contributed by atoms with Gasteiger partial charge in [0.2, 0.25) is 5.65 Å². The molecule has 6 heteroatoms. The van der Waals surface area contributed by atoms with Gasteiger partial charge in [-0.2, -0.15) is 5.10 Å². The third-order valence-corrected chi connectivity index (χ3v) is 1.59. The maximum atomic E-state index is 4.04. The van der Waals surface area contributed by atoms with Crippen LogP contribution in [0.2, 0.25) is 0 Å². The third-order valence-electron chi connectivity index (χ3n) is 1.59. The zero-order valence-electron chi connectivity index (χ0n) is 8.39. The predicted octanol–water partition coefficient (Wildman–Crippen LogP) is 0.730. The van der Waals surface area contributed by atoms with Crippen molar-refractivity contribution >= 4 is 11.3 Å². The minimum atomic E-state index is 0.00741. The number of aromatic nitrogens is 5. The molecule has 0 unspecified atom stereocenters. The molecule has 0 aliphatic heterocycles. The van der Waals surface area contributed by atoms with Crippen molar-refractivity contribution in [2.45, 2.75) is 26.3 Å². The van der Waals surface area contributed by atoms with Crippen molar-refractivity contribution in [3.63, 3.8) is 0 Å². The highest BCUT2D eigenvalue weighted by atomic mass is 15.6. The summed E-state index contributed by atoms with van der Waals surface area (Å²) < 4.78 is 1.38. The molecule has 2 aromatic rings. The number of fused-ring (bicyclic) bond motifs is 1. The first-order chi connectivity index (χ1) is 6.54. The van der Waals surface area contributed by atoms with Gasteiger partial charge in [-0.1, -0.05) is 0 Å². The van der Waals surface area contributed by atoms with Crippen molar-refractivity contribution in [2.24, 2.45) is 0 Å². The molecule has 0 radical (unpaired) electrons. The number of hydrogen-bond acceptors (Lipinski definition) is 5. The van der Waals surface area contributed by atoms with Crippen LogP contribution in [-0.2, 0) is 0 Å². The van der Waals surface area contributed by atoms with E-state index in [2.05, 4.69) is 46.7 Å². The molecule has 2 heterocycles. The van der Waals surface area contributed by atoms with Gasteiger partial charge in [0.05, 0.1) is 11.9 Å². The Balaban J connectivity index is 2.35. The molecule has 0 atom stereocenters. The summed E-state index contributed by atoms with van der Waals surface area (Å²) in [6, 6.07) is 1.86. The van der Waals surface area contributed by atoms with Gasteiger partial charge in [-0.15, -0.1) is 9.73 Å². The Morgan fingerprint density at radius 1 is 1.36 bits per heavy atom. The van der Waals surface area contributed by atoms with Gasteiger partial charge in [0, 0.05) is 11.6 Å². The largest absolute Gasteiger partial charge is 0.379 e. The first-order valence-corrected chi connectivity index (χ1v) is 4.37. The summed E-state index contributed by atoms with van der Waals surface area (Å²) >= 11 is 0. The smallest absolute Gasteiger partial charge is 0.202 e. The topological polar surface area (TPSA) is 68.0 Å². The maximum absolute atomic E-state index is 4.04. The van der Waals surface area contributed by atoms with E-state index in [0.717, 1.165) is 5.69 Å². The number of rotatable bonds is 1. The second-order valence-corrected chi connectivity index (χ2v) is 4.15. The summed E-state index contributed by atoms with van der Waals surface area (Å²) in [5.74, 6) is 0. The van der Waals surface area contributed by atoms with Gasteiger partial charge in [0.25, 0.3) is 0 Å². The molecular weight excluding hydrogens is 180 g/mol. The van der Waals surface area contributed by atoms with Crippen molar-refractivity contribution in [1.29, 1.82) is 0 Å². The molecule has 0 spiro atoms. The molecule has 0 aliphatic rings. The van der Waals surface area contributed by atoms with Crippen molar-refractivity contribution in [3.8, 4) is 0 Å². The lowest BCUT2D eigenvalue weighted by molar-refractivity contribution is 0.632. The highest BCUT2D eigenvalue weighted by Gasteiger charge is 2.10. The van der Waals surface area contributed by atoms with Crippen LogP contribution < -0.4 is 5.32 Å².